The average molecular weight is 302 g/mol. The standard InChI is InChI=1S/C12H18N2O5S/c1-8(3-2-6-15)14-20(18,19)11-5-4-9(13)7-10(11)12(16)17/h4-5,7-8,14-15H,2-3,6,13H2,1H3,(H,16,17). The van der Waals surface area contributed by atoms with Gasteiger partial charge in [-0.15, -0.1) is 0 Å². The Morgan fingerprint density at radius 1 is 1.45 bits per heavy atom. The maximum absolute atomic E-state index is 12.2. The summed E-state index contributed by atoms with van der Waals surface area (Å²) in [6, 6.07) is 3.19. The Balaban J connectivity index is 3.06. The molecule has 8 heteroatoms. The molecule has 0 radical (unpaired) electrons. The van der Waals surface area contributed by atoms with Gasteiger partial charge in [0.1, 0.15) is 0 Å². The van der Waals surface area contributed by atoms with Crippen LogP contribution in [0.3, 0.4) is 0 Å². The van der Waals surface area contributed by atoms with Crippen molar-refractivity contribution >= 4 is 21.7 Å². The molecule has 20 heavy (non-hydrogen) atoms. The Bertz CT molecular complexity index is 586. The van der Waals surface area contributed by atoms with Gasteiger partial charge >= 0.3 is 5.97 Å². The highest BCUT2D eigenvalue weighted by Crippen LogP contribution is 2.19. The number of nitrogen functional groups attached to an aromatic ring is 1. The van der Waals surface area contributed by atoms with Crippen molar-refractivity contribution in [3.05, 3.63) is 23.8 Å². The van der Waals surface area contributed by atoms with Gasteiger partial charge in [0.25, 0.3) is 0 Å². The fraction of sp³-hybridized carbons (Fsp3) is 0.417. The minimum atomic E-state index is -3.95. The number of nitrogens with one attached hydrogen (secondary N) is 1. The van der Waals surface area contributed by atoms with Crippen molar-refractivity contribution in [3.8, 4) is 0 Å². The van der Waals surface area contributed by atoms with Crippen molar-refractivity contribution in [1.29, 1.82) is 0 Å². The number of anilines is 1. The summed E-state index contributed by atoms with van der Waals surface area (Å²) in [5.74, 6) is -1.36. The lowest BCUT2D eigenvalue weighted by atomic mass is 10.2. The van der Waals surface area contributed by atoms with Crippen LogP contribution in [0.4, 0.5) is 5.69 Å². The molecule has 0 saturated heterocycles. The van der Waals surface area contributed by atoms with Crippen LogP contribution >= 0.6 is 0 Å². The zero-order valence-electron chi connectivity index (χ0n) is 11.0. The van der Waals surface area contributed by atoms with Crippen molar-refractivity contribution in [2.24, 2.45) is 0 Å². The van der Waals surface area contributed by atoms with E-state index in [0.717, 1.165) is 6.07 Å². The van der Waals surface area contributed by atoms with Gasteiger partial charge in [-0.3, -0.25) is 0 Å². The first kappa shape index (κ1) is 16.4. The number of aromatic carboxylic acids is 1. The first-order valence-electron chi connectivity index (χ1n) is 6.04. The Morgan fingerprint density at radius 2 is 2.10 bits per heavy atom. The number of carboxylic acid groups (broad SMARTS) is 1. The van der Waals surface area contributed by atoms with Crippen LogP contribution in [-0.2, 0) is 10.0 Å². The topological polar surface area (TPSA) is 130 Å². The molecule has 0 aliphatic rings. The summed E-state index contributed by atoms with van der Waals surface area (Å²) in [6.45, 7) is 1.61. The smallest absolute Gasteiger partial charge is 0.337 e. The molecule has 1 aromatic rings. The van der Waals surface area contributed by atoms with Crippen LogP contribution in [0, 0.1) is 0 Å². The lowest BCUT2D eigenvalue weighted by Crippen LogP contribution is -2.33. The molecule has 1 rings (SSSR count). The van der Waals surface area contributed by atoms with Gasteiger partial charge in [0.15, 0.2) is 0 Å². The van der Waals surface area contributed by atoms with Gasteiger partial charge in [0.05, 0.1) is 10.5 Å². The third-order valence-corrected chi connectivity index (χ3v) is 4.32. The van der Waals surface area contributed by atoms with E-state index in [4.69, 9.17) is 15.9 Å². The van der Waals surface area contributed by atoms with Gasteiger partial charge in [-0.25, -0.2) is 17.9 Å². The first-order chi connectivity index (χ1) is 9.27. The Labute approximate surface area is 117 Å². The molecule has 7 nitrogen and oxygen atoms in total. The highest BCUT2D eigenvalue weighted by molar-refractivity contribution is 7.89. The summed E-state index contributed by atoms with van der Waals surface area (Å²) < 4.78 is 26.7. The van der Waals surface area contributed by atoms with Crippen molar-refractivity contribution in [1.82, 2.24) is 4.72 Å². The molecule has 1 aromatic carbocycles. The van der Waals surface area contributed by atoms with Crippen LogP contribution in [0.5, 0.6) is 0 Å². The highest BCUT2D eigenvalue weighted by Gasteiger charge is 2.23. The van der Waals surface area contributed by atoms with Crippen molar-refractivity contribution in [2.75, 3.05) is 12.3 Å². The predicted octanol–water partition coefficient (Wildman–Crippen LogP) is 0.406. The quantitative estimate of drug-likeness (QED) is 0.540. The Kier molecular flexibility index (Phi) is 5.49. The number of hydrogen-bond donors (Lipinski definition) is 4. The minimum absolute atomic E-state index is 0.0334. The van der Waals surface area contributed by atoms with E-state index in [-0.39, 0.29) is 22.8 Å². The zero-order valence-corrected chi connectivity index (χ0v) is 11.9. The van der Waals surface area contributed by atoms with Crippen LogP contribution < -0.4 is 10.5 Å². The number of hydrogen-bond acceptors (Lipinski definition) is 5. The van der Waals surface area contributed by atoms with E-state index in [9.17, 15) is 13.2 Å². The van der Waals surface area contributed by atoms with Crippen LogP contribution in [0.25, 0.3) is 0 Å². The lowest BCUT2D eigenvalue weighted by molar-refractivity contribution is 0.0692. The third kappa shape index (κ3) is 4.19. The summed E-state index contributed by atoms with van der Waals surface area (Å²) >= 11 is 0. The maximum atomic E-state index is 12.2. The third-order valence-electron chi connectivity index (χ3n) is 2.68. The fourth-order valence-corrected chi connectivity index (χ4v) is 3.19. The Hall–Kier alpha value is -1.64. The number of nitrogens with two attached hydrogens (primary N) is 1. The van der Waals surface area contributed by atoms with Gasteiger partial charge < -0.3 is 15.9 Å². The molecule has 0 amide bonds. The largest absolute Gasteiger partial charge is 0.478 e. The molecule has 0 fully saturated rings. The zero-order chi connectivity index (χ0) is 15.3. The molecule has 1 unspecified atom stereocenters. The number of rotatable bonds is 7. The minimum Gasteiger partial charge on any atom is -0.478 e. The summed E-state index contributed by atoms with van der Waals surface area (Å²) in [4.78, 5) is 10.8. The van der Waals surface area contributed by atoms with Gasteiger partial charge in [-0.1, -0.05) is 0 Å². The normalized spacial score (nSPS) is 13.1. The number of benzene rings is 1. The van der Waals surface area contributed by atoms with E-state index in [2.05, 4.69) is 4.72 Å². The molecule has 0 aliphatic carbocycles. The van der Waals surface area contributed by atoms with Crippen LogP contribution in [-0.4, -0.2) is 37.2 Å². The SMILES string of the molecule is CC(CCCO)NS(=O)(=O)c1ccc(N)cc1C(=O)O. The Morgan fingerprint density at radius 3 is 2.65 bits per heavy atom. The molecule has 0 bridgehead atoms. The number of aliphatic hydroxyl groups is 1. The molecule has 112 valence electrons. The second-order valence-electron chi connectivity index (χ2n) is 4.45. The second kappa shape index (κ2) is 6.69. The first-order valence-corrected chi connectivity index (χ1v) is 7.52. The molecule has 5 N–H and O–H groups in total. The van der Waals surface area contributed by atoms with Gasteiger partial charge in [0, 0.05) is 18.3 Å². The molecule has 0 spiro atoms. The molecule has 0 heterocycles. The number of aliphatic hydroxyl groups excluding tert-OH is 1. The van der Waals surface area contributed by atoms with E-state index >= 15 is 0 Å². The van der Waals surface area contributed by atoms with Gasteiger partial charge in [-0.05, 0) is 38.0 Å². The summed E-state index contributed by atoms with van der Waals surface area (Å²) in [6.07, 6.45) is 0.907. The summed E-state index contributed by atoms with van der Waals surface area (Å²) in [7, 11) is -3.95. The van der Waals surface area contributed by atoms with Crippen molar-refractivity contribution in [2.45, 2.75) is 30.7 Å². The van der Waals surface area contributed by atoms with Crippen LogP contribution in [0.1, 0.15) is 30.1 Å². The molecule has 0 aromatic heterocycles. The van der Waals surface area contributed by atoms with Crippen LogP contribution in [0.15, 0.2) is 23.1 Å². The molecule has 0 aliphatic heterocycles. The summed E-state index contributed by atoms with van der Waals surface area (Å²) in [5, 5.41) is 17.8. The average Bonchev–Trinajstić information content (AvgIpc) is 2.35. The van der Waals surface area contributed by atoms with E-state index in [1.807, 2.05) is 0 Å². The maximum Gasteiger partial charge on any atom is 0.337 e. The lowest BCUT2D eigenvalue weighted by Gasteiger charge is -2.15. The van der Waals surface area contributed by atoms with E-state index in [1.165, 1.54) is 12.1 Å². The second-order valence-corrected chi connectivity index (χ2v) is 6.13. The van der Waals surface area contributed by atoms with E-state index < -0.39 is 22.0 Å². The number of carboxylic acids is 1. The van der Waals surface area contributed by atoms with E-state index in [1.54, 1.807) is 6.92 Å². The highest BCUT2D eigenvalue weighted by atomic mass is 32.2. The van der Waals surface area contributed by atoms with Crippen molar-refractivity contribution in [3.63, 3.8) is 0 Å². The van der Waals surface area contributed by atoms with Gasteiger partial charge in [-0.2, -0.15) is 0 Å². The molecule has 0 saturated carbocycles. The monoisotopic (exact) mass is 302 g/mol. The van der Waals surface area contributed by atoms with Gasteiger partial charge in [0.2, 0.25) is 10.0 Å². The van der Waals surface area contributed by atoms with E-state index in [0.29, 0.717) is 12.8 Å². The summed E-state index contributed by atoms with van der Waals surface area (Å²) in [5.41, 5.74) is 5.28. The molecule has 1 atom stereocenters. The number of carbonyl (C=O) groups is 1. The fourth-order valence-electron chi connectivity index (χ4n) is 1.73. The van der Waals surface area contributed by atoms with Crippen LogP contribution in [0.2, 0.25) is 0 Å². The molecular weight excluding hydrogens is 284 g/mol. The predicted molar refractivity (Wildman–Crippen MR) is 73.9 cm³/mol. The van der Waals surface area contributed by atoms with Crippen molar-refractivity contribution < 1.29 is 23.4 Å². The molecular formula is C12H18N2O5S. The number of sulfonamides is 1.